The first kappa shape index (κ1) is 32.8. The molecule has 9 aromatic rings. The van der Waals surface area contributed by atoms with Gasteiger partial charge in [0.2, 0.25) is 0 Å². The van der Waals surface area contributed by atoms with Crippen LogP contribution in [0.2, 0.25) is 0 Å². The minimum atomic E-state index is -0.166. The van der Waals surface area contributed by atoms with Crippen LogP contribution >= 0.6 is 0 Å². The molecule has 2 aliphatic carbocycles. The maximum atomic E-state index is 6.70. The zero-order valence-electron chi connectivity index (χ0n) is 32.1. The first-order valence-electron chi connectivity index (χ1n) is 19.7. The van der Waals surface area contributed by atoms with E-state index in [4.69, 9.17) is 4.42 Å². The summed E-state index contributed by atoms with van der Waals surface area (Å²) < 4.78 is 6.70. The Morgan fingerprint density at radius 3 is 1.79 bits per heavy atom. The quantitative estimate of drug-likeness (QED) is 0.176. The maximum absolute atomic E-state index is 6.70. The number of benzene rings is 8. The Balaban J connectivity index is 1.08. The van der Waals surface area contributed by atoms with Gasteiger partial charge in [-0.05, 0) is 110 Å². The topological polar surface area (TPSA) is 16.4 Å². The zero-order chi connectivity index (χ0) is 37.8. The smallest absolute Gasteiger partial charge is 0.143 e. The minimum absolute atomic E-state index is 0.116. The number of hydrogen-bond donors (Lipinski definition) is 0. The van der Waals surface area contributed by atoms with Gasteiger partial charge in [0.1, 0.15) is 11.2 Å². The highest BCUT2D eigenvalue weighted by atomic mass is 16.3. The third-order valence-electron chi connectivity index (χ3n) is 12.7. The first-order chi connectivity index (χ1) is 27.3. The second-order valence-electron chi connectivity index (χ2n) is 16.5. The molecule has 0 amide bonds. The molecule has 0 saturated heterocycles. The van der Waals surface area contributed by atoms with Crippen molar-refractivity contribution in [2.75, 3.05) is 4.90 Å². The molecule has 0 bridgehead atoms. The van der Waals surface area contributed by atoms with Crippen LogP contribution in [-0.2, 0) is 10.8 Å². The lowest BCUT2D eigenvalue weighted by atomic mass is 9.82. The molecule has 8 aromatic carbocycles. The molecule has 0 fully saturated rings. The van der Waals surface area contributed by atoms with E-state index in [0.29, 0.717) is 0 Å². The second-order valence-corrected chi connectivity index (χ2v) is 16.5. The monoisotopic (exact) mass is 719 g/mol. The largest absolute Gasteiger partial charge is 0.455 e. The van der Waals surface area contributed by atoms with Gasteiger partial charge in [-0.15, -0.1) is 0 Å². The lowest BCUT2D eigenvalue weighted by molar-refractivity contribution is 0.653. The van der Waals surface area contributed by atoms with E-state index >= 15 is 0 Å². The van der Waals surface area contributed by atoms with Crippen molar-refractivity contribution in [1.82, 2.24) is 0 Å². The highest BCUT2D eigenvalue weighted by molar-refractivity contribution is 6.12. The van der Waals surface area contributed by atoms with Crippen LogP contribution in [0.1, 0.15) is 49.9 Å². The Kier molecular flexibility index (Phi) is 6.98. The van der Waals surface area contributed by atoms with Gasteiger partial charge in [-0.1, -0.05) is 155 Å². The van der Waals surface area contributed by atoms with E-state index in [9.17, 15) is 0 Å². The van der Waals surface area contributed by atoms with E-state index in [1.807, 2.05) is 0 Å². The van der Waals surface area contributed by atoms with E-state index in [2.05, 4.69) is 209 Å². The predicted molar refractivity (Wildman–Crippen MR) is 234 cm³/mol. The molecule has 268 valence electrons. The summed E-state index contributed by atoms with van der Waals surface area (Å²) in [5, 5.41) is 2.32. The van der Waals surface area contributed by atoms with Crippen molar-refractivity contribution in [3.8, 4) is 44.5 Å². The van der Waals surface area contributed by atoms with Gasteiger partial charge in [0.25, 0.3) is 0 Å². The van der Waals surface area contributed by atoms with Crippen LogP contribution in [0.4, 0.5) is 17.1 Å². The maximum Gasteiger partial charge on any atom is 0.143 e. The Morgan fingerprint density at radius 1 is 0.375 bits per heavy atom. The highest BCUT2D eigenvalue weighted by Crippen LogP contribution is 2.55. The number of fused-ring (bicyclic) bond motifs is 10. The lowest BCUT2D eigenvalue weighted by Crippen LogP contribution is -2.17. The van der Waals surface area contributed by atoms with E-state index in [1.165, 1.54) is 66.8 Å². The fourth-order valence-corrected chi connectivity index (χ4v) is 9.74. The van der Waals surface area contributed by atoms with Crippen LogP contribution in [0.15, 0.2) is 180 Å². The molecule has 0 unspecified atom stereocenters. The summed E-state index contributed by atoms with van der Waals surface area (Å²) in [5.74, 6) is 0. The van der Waals surface area contributed by atoms with Gasteiger partial charge in [-0.25, -0.2) is 0 Å². The molecule has 56 heavy (non-hydrogen) atoms. The van der Waals surface area contributed by atoms with Gasteiger partial charge in [0, 0.05) is 44.2 Å². The van der Waals surface area contributed by atoms with E-state index in [0.717, 1.165) is 39.0 Å². The van der Waals surface area contributed by atoms with Gasteiger partial charge in [0.15, 0.2) is 0 Å². The molecule has 11 rings (SSSR count). The average molecular weight is 720 g/mol. The SMILES string of the molecule is CC1(C)c2ccccc2-c2ccc(N(c3ccc(-c4cccc(-c5ccccc5)c4)cc3)c3ccc4c(c3)-c3c(ccc5c3oc3ccccc35)C4(C)C)cc21. The average Bonchev–Trinajstić information content (AvgIpc) is 3.81. The summed E-state index contributed by atoms with van der Waals surface area (Å²) in [6.45, 7) is 9.40. The molecule has 1 aromatic heterocycles. The number of para-hydroxylation sites is 1. The molecule has 2 aliphatic rings. The lowest BCUT2D eigenvalue weighted by Gasteiger charge is -2.29. The summed E-state index contributed by atoms with van der Waals surface area (Å²) >= 11 is 0. The molecule has 0 atom stereocenters. The number of nitrogens with zero attached hydrogens (tertiary/aromatic N) is 1. The second kappa shape index (κ2) is 11.9. The standard InChI is InChI=1S/C54H41NO/c1-53(2)47-29-26-39(32-45(47)51-48(53)30-28-44-43-18-9-11-20-50(43)56-52(44)51)55(40-25-27-42-41-17-8-10-19-46(41)54(3,4)49(42)33-40)38-23-21-35(22-24-38)37-16-12-15-36(31-37)34-13-6-5-7-14-34/h5-33H,1-4H3. The van der Waals surface area contributed by atoms with Gasteiger partial charge < -0.3 is 9.32 Å². The van der Waals surface area contributed by atoms with Crippen molar-refractivity contribution in [1.29, 1.82) is 0 Å². The number of anilines is 3. The summed E-state index contributed by atoms with van der Waals surface area (Å²) in [4.78, 5) is 2.44. The third-order valence-corrected chi connectivity index (χ3v) is 12.7. The van der Waals surface area contributed by atoms with E-state index in [1.54, 1.807) is 0 Å². The van der Waals surface area contributed by atoms with Crippen LogP contribution in [-0.4, -0.2) is 0 Å². The van der Waals surface area contributed by atoms with Crippen molar-refractivity contribution >= 4 is 39.0 Å². The molecule has 0 aliphatic heterocycles. The van der Waals surface area contributed by atoms with Crippen LogP contribution < -0.4 is 4.90 Å². The van der Waals surface area contributed by atoms with E-state index < -0.39 is 0 Å². The molecule has 0 saturated carbocycles. The molecule has 2 heteroatoms. The Labute approximate surface area is 328 Å². The van der Waals surface area contributed by atoms with Crippen molar-refractivity contribution < 1.29 is 4.42 Å². The fourth-order valence-electron chi connectivity index (χ4n) is 9.74. The molecule has 2 nitrogen and oxygen atoms in total. The molecular weight excluding hydrogens is 679 g/mol. The summed E-state index contributed by atoms with van der Waals surface area (Å²) in [6, 6.07) is 64.5. The van der Waals surface area contributed by atoms with Crippen LogP contribution in [0.25, 0.3) is 66.4 Å². The molecule has 1 heterocycles. The first-order valence-corrected chi connectivity index (χ1v) is 19.7. The van der Waals surface area contributed by atoms with Gasteiger partial charge >= 0.3 is 0 Å². The van der Waals surface area contributed by atoms with Gasteiger partial charge in [0.05, 0.1) is 0 Å². The van der Waals surface area contributed by atoms with Crippen molar-refractivity contribution in [2.24, 2.45) is 0 Å². The summed E-state index contributed by atoms with van der Waals surface area (Å²) in [5.41, 5.74) is 20.3. The van der Waals surface area contributed by atoms with E-state index in [-0.39, 0.29) is 10.8 Å². The van der Waals surface area contributed by atoms with Gasteiger partial charge in [-0.2, -0.15) is 0 Å². The number of hydrogen-bond acceptors (Lipinski definition) is 2. The summed E-state index contributed by atoms with van der Waals surface area (Å²) in [6.07, 6.45) is 0. The molecular formula is C54H41NO. The third kappa shape index (κ3) is 4.75. The molecule has 0 radical (unpaired) electrons. The highest BCUT2D eigenvalue weighted by Gasteiger charge is 2.39. The van der Waals surface area contributed by atoms with Gasteiger partial charge in [-0.3, -0.25) is 0 Å². The molecule has 0 spiro atoms. The van der Waals surface area contributed by atoms with Crippen LogP contribution in [0.5, 0.6) is 0 Å². The van der Waals surface area contributed by atoms with Crippen LogP contribution in [0, 0.1) is 0 Å². The Hall–Kier alpha value is -6.64. The van der Waals surface area contributed by atoms with Crippen molar-refractivity contribution in [3.05, 3.63) is 198 Å². The summed E-state index contributed by atoms with van der Waals surface area (Å²) in [7, 11) is 0. The van der Waals surface area contributed by atoms with Crippen molar-refractivity contribution in [3.63, 3.8) is 0 Å². The van der Waals surface area contributed by atoms with Crippen LogP contribution in [0.3, 0.4) is 0 Å². The van der Waals surface area contributed by atoms with Crippen molar-refractivity contribution in [2.45, 2.75) is 38.5 Å². The predicted octanol–water partition coefficient (Wildman–Crippen LogP) is 15.0. The fraction of sp³-hybridized carbons (Fsp3) is 0.111. The Morgan fingerprint density at radius 2 is 0.964 bits per heavy atom. The Bertz CT molecular complexity index is 3020. The number of furan rings is 1. The molecule has 0 N–H and O–H groups in total. The zero-order valence-corrected chi connectivity index (χ0v) is 32.1. The number of rotatable bonds is 5. The normalized spacial score (nSPS) is 14.4. The minimum Gasteiger partial charge on any atom is -0.455 e.